The van der Waals surface area contributed by atoms with Crippen molar-refractivity contribution in [2.75, 3.05) is 7.11 Å². The SMILES string of the molecule is COC(=O)Cc1cn[nH]c1-c1cnccn1. The number of aromatic amines is 1. The number of nitrogens with one attached hydrogen (secondary N) is 1. The van der Waals surface area contributed by atoms with Crippen molar-refractivity contribution in [1.82, 2.24) is 20.2 Å². The molecule has 0 aromatic carbocycles. The highest BCUT2D eigenvalue weighted by Gasteiger charge is 2.12. The van der Waals surface area contributed by atoms with Crippen molar-refractivity contribution in [1.29, 1.82) is 0 Å². The van der Waals surface area contributed by atoms with Crippen LogP contribution in [0.1, 0.15) is 5.56 Å². The first-order valence-electron chi connectivity index (χ1n) is 4.66. The molecule has 2 aromatic rings. The number of hydrogen-bond acceptors (Lipinski definition) is 5. The van der Waals surface area contributed by atoms with Crippen LogP contribution in [0.3, 0.4) is 0 Å². The van der Waals surface area contributed by atoms with Crippen molar-refractivity contribution in [2.24, 2.45) is 0 Å². The third kappa shape index (κ3) is 2.05. The van der Waals surface area contributed by atoms with Gasteiger partial charge >= 0.3 is 5.97 Å². The third-order valence-electron chi connectivity index (χ3n) is 2.10. The summed E-state index contributed by atoms with van der Waals surface area (Å²) in [7, 11) is 1.35. The minimum atomic E-state index is -0.313. The summed E-state index contributed by atoms with van der Waals surface area (Å²) in [5.74, 6) is -0.313. The zero-order chi connectivity index (χ0) is 11.4. The molecular weight excluding hydrogens is 208 g/mol. The minimum Gasteiger partial charge on any atom is -0.469 e. The van der Waals surface area contributed by atoms with E-state index in [-0.39, 0.29) is 12.4 Å². The Labute approximate surface area is 91.7 Å². The largest absolute Gasteiger partial charge is 0.469 e. The first kappa shape index (κ1) is 10.3. The lowest BCUT2D eigenvalue weighted by Crippen LogP contribution is -2.04. The first-order chi connectivity index (χ1) is 7.81. The number of hydrogen-bond donors (Lipinski definition) is 1. The average molecular weight is 218 g/mol. The van der Waals surface area contributed by atoms with Gasteiger partial charge in [-0.25, -0.2) is 0 Å². The van der Waals surface area contributed by atoms with Gasteiger partial charge in [-0.15, -0.1) is 0 Å². The van der Waals surface area contributed by atoms with Gasteiger partial charge < -0.3 is 4.74 Å². The van der Waals surface area contributed by atoms with Gasteiger partial charge in [-0.3, -0.25) is 19.9 Å². The summed E-state index contributed by atoms with van der Waals surface area (Å²) < 4.78 is 4.60. The van der Waals surface area contributed by atoms with Gasteiger partial charge in [0.15, 0.2) is 0 Å². The normalized spacial score (nSPS) is 10.1. The fraction of sp³-hybridized carbons (Fsp3) is 0.200. The Morgan fingerprint density at radius 2 is 2.31 bits per heavy atom. The fourth-order valence-electron chi connectivity index (χ4n) is 1.32. The van der Waals surface area contributed by atoms with E-state index in [0.717, 1.165) is 5.56 Å². The molecule has 0 bridgehead atoms. The van der Waals surface area contributed by atoms with E-state index in [4.69, 9.17) is 0 Å². The van der Waals surface area contributed by atoms with Crippen LogP contribution in [-0.4, -0.2) is 33.2 Å². The number of aromatic nitrogens is 4. The maximum absolute atomic E-state index is 11.2. The van der Waals surface area contributed by atoms with Crippen LogP contribution >= 0.6 is 0 Å². The smallest absolute Gasteiger partial charge is 0.310 e. The third-order valence-corrected chi connectivity index (χ3v) is 2.10. The Balaban J connectivity index is 2.29. The molecule has 16 heavy (non-hydrogen) atoms. The minimum absolute atomic E-state index is 0.166. The molecule has 2 aromatic heterocycles. The van der Waals surface area contributed by atoms with E-state index in [1.165, 1.54) is 7.11 Å². The van der Waals surface area contributed by atoms with Crippen molar-refractivity contribution in [3.63, 3.8) is 0 Å². The molecule has 0 aliphatic rings. The number of esters is 1. The zero-order valence-corrected chi connectivity index (χ0v) is 8.67. The summed E-state index contributed by atoms with van der Waals surface area (Å²) in [5, 5.41) is 6.68. The van der Waals surface area contributed by atoms with Crippen molar-refractivity contribution in [3.8, 4) is 11.4 Å². The Hall–Kier alpha value is -2.24. The van der Waals surface area contributed by atoms with Gasteiger partial charge in [-0.1, -0.05) is 0 Å². The van der Waals surface area contributed by atoms with Crippen LogP contribution in [0.2, 0.25) is 0 Å². The summed E-state index contributed by atoms with van der Waals surface area (Å²) in [6.07, 6.45) is 6.52. The van der Waals surface area contributed by atoms with Crippen molar-refractivity contribution >= 4 is 5.97 Å². The molecule has 2 heterocycles. The van der Waals surface area contributed by atoms with Crippen LogP contribution < -0.4 is 0 Å². The van der Waals surface area contributed by atoms with E-state index < -0.39 is 0 Å². The summed E-state index contributed by atoms with van der Waals surface area (Å²) in [5.41, 5.74) is 2.09. The van der Waals surface area contributed by atoms with Crippen LogP contribution in [-0.2, 0) is 16.0 Å². The molecule has 82 valence electrons. The van der Waals surface area contributed by atoms with Crippen LogP contribution in [0.25, 0.3) is 11.4 Å². The molecule has 0 saturated carbocycles. The van der Waals surface area contributed by atoms with Gasteiger partial charge in [0, 0.05) is 18.0 Å². The molecule has 2 rings (SSSR count). The van der Waals surface area contributed by atoms with E-state index >= 15 is 0 Å². The molecule has 0 unspecified atom stereocenters. The van der Waals surface area contributed by atoms with Gasteiger partial charge in [0.1, 0.15) is 5.69 Å². The molecule has 0 spiro atoms. The maximum Gasteiger partial charge on any atom is 0.310 e. The van der Waals surface area contributed by atoms with Crippen LogP contribution in [0.4, 0.5) is 0 Å². The fourth-order valence-corrected chi connectivity index (χ4v) is 1.32. The second kappa shape index (κ2) is 4.52. The summed E-state index contributed by atoms with van der Waals surface area (Å²) in [6.45, 7) is 0. The van der Waals surface area contributed by atoms with E-state index in [1.807, 2.05) is 0 Å². The molecule has 0 aliphatic heterocycles. The highest BCUT2D eigenvalue weighted by molar-refractivity contribution is 5.75. The van der Waals surface area contributed by atoms with E-state index in [2.05, 4.69) is 24.9 Å². The Kier molecular flexibility index (Phi) is 2.90. The maximum atomic E-state index is 11.2. The number of nitrogens with zero attached hydrogens (tertiary/aromatic N) is 3. The average Bonchev–Trinajstić information content (AvgIpc) is 2.78. The lowest BCUT2D eigenvalue weighted by atomic mass is 10.1. The highest BCUT2D eigenvalue weighted by Crippen LogP contribution is 2.18. The zero-order valence-electron chi connectivity index (χ0n) is 8.67. The Bertz CT molecular complexity index is 481. The summed E-state index contributed by atoms with van der Waals surface area (Å²) in [4.78, 5) is 19.2. The number of rotatable bonds is 3. The van der Waals surface area contributed by atoms with Gasteiger partial charge in [-0.05, 0) is 0 Å². The quantitative estimate of drug-likeness (QED) is 0.762. The Morgan fingerprint density at radius 1 is 1.44 bits per heavy atom. The number of carbonyl (C=O) groups is 1. The number of ether oxygens (including phenoxy) is 1. The molecule has 0 amide bonds. The van der Waals surface area contributed by atoms with Gasteiger partial charge in [0.2, 0.25) is 0 Å². The molecule has 0 radical (unpaired) electrons. The molecule has 6 nitrogen and oxygen atoms in total. The van der Waals surface area contributed by atoms with Gasteiger partial charge in [0.25, 0.3) is 0 Å². The lowest BCUT2D eigenvalue weighted by Gasteiger charge is -2.00. The van der Waals surface area contributed by atoms with Crippen molar-refractivity contribution in [2.45, 2.75) is 6.42 Å². The first-order valence-corrected chi connectivity index (χ1v) is 4.66. The summed E-state index contributed by atoms with van der Waals surface area (Å²) in [6, 6.07) is 0. The number of carbonyl (C=O) groups excluding carboxylic acids is 1. The second-order valence-electron chi connectivity index (χ2n) is 3.11. The molecule has 0 atom stereocenters. The lowest BCUT2D eigenvalue weighted by molar-refractivity contribution is -0.139. The van der Waals surface area contributed by atoms with Crippen LogP contribution in [0, 0.1) is 0 Å². The van der Waals surface area contributed by atoms with Crippen molar-refractivity contribution < 1.29 is 9.53 Å². The molecule has 0 fully saturated rings. The predicted octanol–water partition coefficient (Wildman–Crippen LogP) is 0.582. The van der Waals surface area contributed by atoms with E-state index in [1.54, 1.807) is 24.8 Å². The monoisotopic (exact) mass is 218 g/mol. The molecule has 6 heteroatoms. The standard InChI is InChI=1S/C10H10N4O2/c1-16-9(15)4-7-5-13-14-10(7)8-6-11-2-3-12-8/h2-3,5-6H,4H2,1H3,(H,13,14). The predicted molar refractivity (Wildman–Crippen MR) is 55.3 cm³/mol. The van der Waals surface area contributed by atoms with E-state index in [9.17, 15) is 4.79 Å². The second-order valence-corrected chi connectivity index (χ2v) is 3.11. The van der Waals surface area contributed by atoms with E-state index in [0.29, 0.717) is 11.4 Å². The summed E-state index contributed by atoms with van der Waals surface area (Å²) >= 11 is 0. The molecule has 1 N–H and O–H groups in total. The van der Waals surface area contributed by atoms with Crippen LogP contribution in [0.15, 0.2) is 24.8 Å². The highest BCUT2D eigenvalue weighted by atomic mass is 16.5. The molecule has 0 saturated heterocycles. The van der Waals surface area contributed by atoms with Gasteiger partial charge in [-0.2, -0.15) is 5.10 Å². The molecular formula is C10H10N4O2. The number of H-pyrrole nitrogens is 1. The molecule has 0 aliphatic carbocycles. The topological polar surface area (TPSA) is 80.8 Å². The van der Waals surface area contributed by atoms with Crippen LogP contribution in [0.5, 0.6) is 0 Å². The number of methoxy groups -OCH3 is 1. The Morgan fingerprint density at radius 3 is 3.00 bits per heavy atom. The van der Waals surface area contributed by atoms with Gasteiger partial charge in [0.05, 0.1) is 31.6 Å². The van der Waals surface area contributed by atoms with Crippen molar-refractivity contribution in [3.05, 3.63) is 30.4 Å².